The van der Waals surface area contributed by atoms with Gasteiger partial charge in [0.1, 0.15) is 5.75 Å². The van der Waals surface area contributed by atoms with Crippen LogP contribution in [-0.2, 0) is 0 Å². The van der Waals surface area contributed by atoms with Crippen LogP contribution in [0.3, 0.4) is 0 Å². The van der Waals surface area contributed by atoms with Gasteiger partial charge in [0.05, 0.1) is 4.88 Å². The number of thiophene rings is 1. The van der Waals surface area contributed by atoms with Gasteiger partial charge in [0.25, 0.3) is 5.91 Å². The molecule has 3 rings (SSSR count). The van der Waals surface area contributed by atoms with Crippen molar-refractivity contribution >= 4 is 40.3 Å². The van der Waals surface area contributed by atoms with E-state index in [9.17, 15) is 4.79 Å². The highest BCUT2D eigenvalue weighted by Crippen LogP contribution is 2.22. The molecule has 0 aliphatic rings. The van der Waals surface area contributed by atoms with Crippen LogP contribution in [0.15, 0.2) is 66.2 Å². The Balaban J connectivity index is 1.62. The highest BCUT2D eigenvalue weighted by Gasteiger charge is 2.09. The zero-order valence-electron chi connectivity index (χ0n) is 12.4. The van der Waals surface area contributed by atoms with Crippen molar-refractivity contribution in [1.82, 2.24) is 10.3 Å². The van der Waals surface area contributed by atoms with Crippen LogP contribution in [0.1, 0.15) is 9.67 Å². The summed E-state index contributed by atoms with van der Waals surface area (Å²) in [6, 6.07) is 16.2. The van der Waals surface area contributed by atoms with E-state index in [-0.39, 0.29) is 11.0 Å². The molecule has 3 aromatic rings. The Morgan fingerprint density at radius 3 is 2.79 bits per heavy atom. The Morgan fingerprint density at radius 2 is 2.04 bits per heavy atom. The summed E-state index contributed by atoms with van der Waals surface area (Å²) < 4.78 is 5.66. The Kier molecular flexibility index (Phi) is 5.15. The predicted octanol–water partition coefficient (Wildman–Crippen LogP) is 4.06. The molecule has 7 heteroatoms. The van der Waals surface area contributed by atoms with Crippen molar-refractivity contribution in [1.29, 1.82) is 0 Å². The van der Waals surface area contributed by atoms with E-state index < -0.39 is 0 Å². The summed E-state index contributed by atoms with van der Waals surface area (Å²) >= 11 is 6.52. The van der Waals surface area contributed by atoms with Crippen LogP contribution in [0.4, 0.5) is 5.69 Å². The Labute approximate surface area is 148 Å². The maximum atomic E-state index is 12.0. The standard InChI is InChI=1S/C17H13N3O2S2/c21-16(14-7-4-10-24-14)20-17(23)19-12-5-3-6-13(11-12)22-15-8-1-2-9-18-15/h1-11H,(H2,19,20,21,23). The molecule has 24 heavy (non-hydrogen) atoms. The van der Waals surface area contributed by atoms with Gasteiger partial charge >= 0.3 is 0 Å². The van der Waals surface area contributed by atoms with Crippen molar-refractivity contribution in [2.45, 2.75) is 0 Å². The summed E-state index contributed by atoms with van der Waals surface area (Å²) in [6.07, 6.45) is 1.66. The second-order valence-electron chi connectivity index (χ2n) is 4.68. The SMILES string of the molecule is O=C(NC(=S)Nc1cccc(Oc2ccccn2)c1)c1cccs1. The number of ether oxygens (including phenoxy) is 1. The summed E-state index contributed by atoms with van der Waals surface area (Å²) in [6.45, 7) is 0. The number of pyridine rings is 1. The van der Waals surface area contributed by atoms with Gasteiger partial charge in [-0.3, -0.25) is 10.1 Å². The molecule has 0 spiro atoms. The number of carbonyl (C=O) groups excluding carboxylic acids is 1. The minimum Gasteiger partial charge on any atom is -0.439 e. The fourth-order valence-corrected chi connectivity index (χ4v) is 2.73. The van der Waals surface area contributed by atoms with Crippen molar-refractivity contribution in [2.24, 2.45) is 0 Å². The maximum Gasteiger partial charge on any atom is 0.267 e. The third-order valence-electron chi connectivity index (χ3n) is 2.92. The highest BCUT2D eigenvalue weighted by atomic mass is 32.1. The Hall–Kier alpha value is -2.77. The molecule has 0 bridgehead atoms. The summed E-state index contributed by atoms with van der Waals surface area (Å²) in [4.78, 5) is 16.7. The molecule has 0 saturated heterocycles. The van der Waals surface area contributed by atoms with Crippen molar-refractivity contribution in [3.63, 3.8) is 0 Å². The molecule has 2 heterocycles. The second kappa shape index (κ2) is 7.67. The topological polar surface area (TPSA) is 63.2 Å². The highest BCUT2D eigenvalue weighted by molar-refractivity contribution is 7.80. The van der Waals surface area contributed by atoms with Crippen LogP contribution in [-0.4, -0.2) is 16.0 Å². The third-order valence-corrected chi connectivity index (χ3v) is 4.00. The molecule has 120 valence electrons. The molecule has 1 amide bonds. The molecular weight excluding hydrogens is 342 g/mol. The molecular formula is C17H13N3O2S2. The second-order valence-corrected chi connectivity index (χ2v) is 6.04. The number of aromatic nitrogens is 1. The minimum atomic E-state index is -0.233. The number of thiocarbonyl (C=S) groups is 1. The number of benzene rings is 1. The van der Waals surface area contributed by atoms with Crippen molar-refractivity contribution < 1.29 is 9.53 Å². The number of carbonyl (C=O) groups is 1. The Bertz CT molecular complexity index is 836. The van der Waals surface area contributed by atoms with E-state index in [2.05, 4.69) is 15.6 Å². The van der Waals surface area contributed by atoms with Gasteiger partial charge in [-0.2, -0.15) is 0 Å². The summed E-state index contributed by atoms with van der Waals surface area (Å²) in [5, 5.41) is 7.67. The van der Waals surface area contributed by atoms with E-state index in [1.54, 1.807) is 24.4 Å². The number of nitrogens with one attached hydrogen (secondary N) is 2. The average molecular weight is 355 g/mol. The van der Waals surface area contributed by atoms with Crippen LogP contribution in [0.2, 0.25) is 0 Å². The van der Waals surface area contributed by atoms with Gasteiger partial charge in [0.15, 0.2) is 5.11 Å². The molecule has 0 fully saturated rings. The number of anilines is 1. The third kappa shape index (κ3) is 4.37. The van der Waals surface area contributed by atoms with Gasteiger partial charge in [-0.25, -0.2) is 4.98 Å². The van der Waals surface area contributed by atoms with Crippen LogP contribution in [0, 0.1) is 0 Å². The number of nitrogens with zero attached hydrogens (tertiary/aromatic N) is 1. The lowest BCUT2D eigenvalue weighted by atomic mass is 10.3. The average Bonchev–Trinajstić information content (AvgIpc) is 3.10. The van der Waals surface area contributed by atoms with Gasteiger partial charge in [-0.05, 0) is 41.9 Å². The van der Waals surface area contributed by atoms with Crippen LogP contribution >= 0.6 is 23.6 Å². The summed E-state index contributed by atoms with van der Waals surface area (Å²) in [5.41, 5.74) is 0.708. The summed E-state index contributed by atoms with van der Waals surface area (Å²) in [7, 11) is 0. The smallest absolute Gasteiger partial charge is 0.267 e. The lowest BCUT2D eigenvalue weighted by Crippen LogP contribution is -2.33. The lowest BCUT2D eigenvalue weighted by molar-refractivity contribution is 0.0981. The molecule has 1 aromatic carbocycles. The van der Waals surface area contributed by atoms with Gasteiger partial charge in [-0.15, -0.1) is 11.3 Å². The van der Waals surface area contributed by atoms with Gasteiger partial charge < -0.3 is 10.1 Å². The number of hydrogen-bond acceptors (Lipinski definition) is 5. The fourth-order valence-electron chi connectivity index (χ4n) is 1.90. The van der Waals surface area contributed by atoms with E-state index >= 15 is 0 Å². The monoisotopic (exact) mass is 355 g/mol. The van der Waals surface area contributed by atoms with E-state index in [1.165, 1.54) is 11.3 Å². The first-order valence-corrected chi connectivity index (χ1v) is 8.34. The molecule has 0 atom stereocenters. The minimum absolute atomic E-state index is 0.225. The zero-order valence-corrected chi connectivity index (χ0v) is 14.1. The van der Waals surface area contributed by atoms with Crippen LogP contribution < -0.4 is 15.4 Å². The van der Waals surface area contributed by atoms with Gasteiger partial charge in [0, 0.05) is 24.0 Å². The van der Waals surface area contributed by atoms with Crippen LogP contribution in [0.5, 0.6) is 11.6 Å². The quantitative estimate of drug-likeness (QED) is 0.691. The number of hydrogen-bond donors (Lipinski definition) is 2. The molecule has 0 radical (unpaired) electrons. The fraction of sp³-hybridized carbons (Fsp3) is 0. The summed E-state index contributed by atoms with van der Waals surface area (Å²) in [5.74, 6) is 0.887. The first kappa shape index (κ1) is 16.1. The largest absolute Gasteiger partial charge is 0.439 e. The first-order valence-electron chi connectivity index (χ1n) is 7.05. The van der Waals surface area contributed by atoms with Gasteiger partial charge in [-0.1, -0.05) is 18.2 Å². The van der Waals surface area contributed by atoms with Crippen LogP contribution in [0.25, 0.3) is 0 Å². The van der Waals surface area contributed by atoms with Crippen molar-refractivity contribution in [3.05, 3.63) is 71.1 Å². The van der Waals surface area contributed by atoms with Crippen molar-refractivity contribution in [3.8, 4) is 11.6 Å². The molecule has 2 N–H and O–H groups in total. The maximum absolute atomic E-state index is 12.0. The van der Waals surface area contributed by atoms with E-state index in [0.717, 1.165) is 0 Å². The molecule has 0 aliphatic carbocycles. The molecule has 0 saturated carbocycles. The first-order chi connectivity index (χ1) is 11.7. The predicted molar refractivity (Wildman–Crippen MR) is 98.8 cm³/mol. The normalized spacial score (nSPS) is 10.0. The Morgan fingerprint density at radius 1 is 1.12 bits per heavy atom. The van der Waals surface area contributed by atoms with E-state index in [1.807, 2.05) is 41.8 Å². The molecule has 0 unspecified atom stereocenters. The van der Waals surface area contributed by atoms with Gasteiger partial charge in [0.2, 0.25) is 5.88 Å². The van der Waals surface area contributed by atoms with E-state index in [0.29, 0.717) is 22.2 Å². The van der Waals surface area contributed by atoms with Crippen molar-refractivity contribution in [2.75, 3.05) is 5.32 Å². The molecule has 5 nitrogen and oxygen atoms in total. The number of rotatable bonds is 4. The lowest BCUT2D eigenvalue weighted by Gasteiger charge is -2.10. The number of amides is 1. The van der Waals surface area contributed by atoms with E-state index in [4.69, 9.17) is 17.0 Å². The zero-order chi connectivity index (χ0) is 16.8. The molecule has 2 aromatic heterocycles. The molecule has 0 aliphatic heterocycles.